The zero-order valence-electron chi connectivity index (χ0n) is 11.5. The monoisotopic (exact) mass is 327 g/mol. The summed E-state index contributed by atoms with van der Waals surface area (Å²) in [6, 6.07) is -0.927. The van der Waals surface area contributed by atoms with Crippen molar-refractivity contribution in [3.05, 3.63) is 4.91 Å². The summed E-state index contributed by atoms with van der Waals surface area (Å²) in [7, 11) is 2.44. The van der Waals surface area contributed by atoms with Crippen LogP contribution >= 0.6 is 11.6 Å². The first-order valence-corrected chi connectivity index (χ1v) is 6.58. The van der Waals surface area contributed by atoms with Crippen LogP contribution in [-0.2, 0) is 9.47 Å². The molecule has 1 fully saturated rings. The first-order valence-electron chi connectivity index (χ1n) is 6.05. The van der Waals surface area contributed by atoms with Crippen molar-refractivity contribution in [2.45, 2.75) is 30.8 Å². The van der Waals surface area contributed by atoms with Gasteiger partial charge in [-0.1, -0.05) is 0 Å². The molecule has 122 valence electrons. The summed E-state index contributed by atoms with van der Waals surface area (Å²) in [5.74, 6) is -0.0194. The Bertz CT molecular complexity index is 375. The van der Waals surface area contributed by atoms with Crippen molar-refractivity contribution in [2.75, 3.05) is 26.6 Å². The van der Waals surface area contributed by atoms with Crippen molar-refractivity contribution < 1.29 is 29.6 Å². The molecule has 11 heteroatoms. The van der Waals surface area contributed by atoms with E-state index in [1.54, 1.807) is 0 Å². The number of likely N-dealkylation sites (N-methyl/N-ethyl adjacent to an activating group) is 1. The van der Waals surface area contributed by atoms with Crippen molar-refractivity contribution in [2.24, 2.45) is 5.29 Å². The summed E-state index contributed by atoms with van der Waals surface area (Å²) in [6.45, 7) is -0.141. The van der Waals surface area contributed by atoms with E-state index in [1.165, 1.54) is 14.2 Å². The fourth-order valence-corrected chi connectivity index (χ4v) is 2.04. The Balaban J connectivity index is 2.76. The number of carbonyl (C=O) groups is 1. The second kappa shape index (κ2) is 7.82. The number of hydrogen-bond acceptors (Lipinski definition) is 8. The van der Waals surface area contributed by atoms with E-state index in [4.69, 9.17) is 21.1 Å². The molecule has 1 aliphatic heterocycles. The van der Waals surface area contributed by atoms with Crippen LogP contribution in [0.5, 0.6) is 0 Å². The maximum absolute atomic E-state index is 11.9. The third-order valence-electron chi connectivity index (χ3n) is 3.10. The molecule has 5 atom stereocenters. The zero-order valence-corrected chi connectivity index (χ0v) is 12.3. The van der Waals surface area contributed by atoms with Crippen molar-refractivity contribution in [3.63, 3.8) is 0 Å². The molecule has 3 N–H and O–H groups in total. The van der Waals surface area contributed by atoms with Gasteiger partial charge in [-0.2, -0.15) is 5.01 Å². The molecular formula is C10H18ClN3O7. The number of nitrogens with zero attached hydrogens (tertiary/aromatic N) is 3. The molecule has 10 nitrogen and oxygen atoms in total. The average molecular weight is 328 g/mol. The summed E-state index contributed by atoms with van der Waals surface area (Å²) < 4.78 is 9.90. The predicted molar refractivity (Wildman–Crippen MR) is 70.1 cm³/mol. The van der Waals surface area contributed by atoms with Crippen LogP contribution in [0.15, 0.2) is 5.29 Å². The highest BCUT2D eigenvalue weighted by molar-refractivity contribution is 6.18. The quantitative estimate of drug-likeness (QED) is 0.238. The largest absolute Gasteiger partial charge is 0.387 e. The van der Waals surface area contributed by atoms with E-state index < -0.39 is 36.9 Å². The molecule has 0 aromatic heterocycles. The smallest absolute Gasteiger partial charge is 0.344 e. The SMILES string of the molecule is CO[C@@H]1O[C@H](C(O)N(C)C(=O)N(CCCl)N=O)[C@@H](O)[C@H]1O. The number of amides is 2. The standard InChI is InChI=1S/C10H18ClN3O7/c1-13(10(18)14(12-19)4-3-11)8(17)7-5(15)6(16)9(20-2)21-7/h5-9,15-17H,3-4H2,1-2H3/t5-,6+,7-,8?,9+/m0/s1. The number of halogens is 1. The molecule has 0 aromatic carbocycles. The molecule has 0 bridgehead atoms. The molecule has 0 aromatic rings. The summed E-state index contributed by atoms with van der Waals surface area (Å²) in [6.07, 6.45) is -6.90. The van der Waals surface area contributed by atoms with E-state index in [-0.39, 0.29) is 12.4 Å². The van der Waals surface area contributed by atoms with E-state index >= 15 is 0 Å². The molecule has 21 heavy (non-hydrogen) atoms. The molecule has 2 amide bonds. The van der Waals surface area contributed by atoms with Gasteiger partial charge < -0.3 is 24.8 Å². The molecule has 0 radical (unpaired) electrons. The van der Waals surface area contributed by atoms with Crippen molar-refractivity contribution in [1.82, 2.24) is 9.91 Å². The Morgan fingerprint density at radius 3 is 2.52 bits per heavy atom. The number of urea groups is 1. The highest BCUT2D eigenvalue weighted by Gasteiger charge is 2.48. The topological polar surface area (TPSA) is 132 Å². The Kier molecular flexibility index (Phi) is 6.71. The molecule has 1 saturated heterocycles. The minimum atomic E-state index is -1.62. The molecule has 1 aliphatic rings. The number of methoxy groups -OCH3 is 1. The van der Waals surface area contributed by atoms with Crippen molar-refractivity contribution in [1.29, 1.82) is 0 Å². The lowest BCUT2D eigenvalue weighted by molar-refractivity contribution is -0.177. The van der Waals surface area contributed by atoms with Crippen LogP contribution in [0.25, 0.3) is 0 Å². The normalized spacial score (nSPS) is 30.0. The number of rotatable bonds is 6. The maximum Gasteiger partial charge on any atom is 0.344 e. The fraction of sp³-hybridized carbons (Fsp3) is 0.900. The number of aliphatic hydroxyl groups is 3. The van der Waals surface area contributed by atoms with Gasteiger partial charge in [0.2, 0.25) is 0 Å². The first-order chi connectivity index (χ1) is 9.88. The van der Waals surface area contributed by atoms with E-state index in [9.17, 15) is 25.0 Å². The van der Waals surface area contributed by atoms with Gasteiger partial charge in [0.05, 0.1) is 11.8 Å². The molecule has 1 heterocycles. The Morgan fingerprint density at radius 2 is 2.10 bits per heavy atom. The summed E-state index contributed by atoms with van der Waals surface area (Å²) in [5.41, 5.74) is 0. The maximum atomic E-state index is 11.9. The Hall–Kier alpha value is -1.04. The minimum absolute atomic E-state index is 0.0194. The van der Waals surface area contributed by atoms with Gasteiger partial charge in [-0.05, 0) is 0 Å². The highest BCUT2D eigenvalue weighted by atomic mass is 35.5. The number of nitroso groups, excluding NO2 is 1. The van der Waals surface area contributed by atoms with Crippen molar-refractivity contribution in [3.8, 4) is 0 Å². The third-order valence-corrected chi connectivity index (χ3v) is 3.27. The van der Waals surface area contributed by atoms with Gasteiger partial charge in [-0.15, -0.1) is 16.5 Å². The van der Waals surface area contributed by atoms with Crippen LogP contribution in [-0.4, -0.2) is 88.7 Å². The highest BCUT2D eigenvalue weighted by Crippen LogP contribution is 2.25. The van der Waals surface area contributed by atoms with Crippen LogP contribution in [0.1, 0.15) is 0 Å². The van der Waals surface area contributed by atoms with Crippen LogP contribution in [0.4, 0.5) is 4.79 Å². The summed E-state index contributed by atoms with van der Waals surface area (Å²) in [5, 5.41) is 32.5. The van der Waals surface area contributed by atoms with Crippen LogP contribution < -0.4 is 0 Å². The zero-order chi connectivity index (χ0) is 16.2. The van der Waals surface area contributed by atoms with Gasteiger partial charge in [0.25, 0.3) is 0 Å². The Labute approximate surface area is 125 Å². The predicted octanol–water partition coefficient (Wildman–Crippen LogP) is -1.33. The van der Waals surface area contributed by atoms with Gasteiger partial charge in [0, 0.05) is 20.0 Å². The summed E-state index contributed by atoms with van der Waals surface area (Å²) >= 11 is 5.42. The number of aliphatic hydroxyl groups excluding tert-OH is 3. The van der Waals surface area contributed by atoms with Crippen LogP contribution in [0.3, 0.4) is 0 Å². The lowest BCUT2D eigenvalue weighted by Crippen LogP contribution is -2.52. The number of hydrogen-bond donors (Lipinski definition) is 3. The van der Waals surface area contributed by atoms with Gasteiger partial charge in [0.1, 0.15) is 18.3 Å². The minimum Gasteiger partial charge on any atom is -0.387 e. The van der Waals surface area contributed by atoms with Gasteiger partial charge >= 0.3 is 6.03 Å². The molecular weight excluding hydrogens is 310 g/mol. The van der Waals surface area contributed by atoms with E-state index in [1.807, 2.05) is 0 Å². The van der Waals surface area contributed by atoms with E-state index in [0.717, 1.165) is 4.90 Å². The lowest BCUT2D eigenvalue weighted by Gasteiger charge is -2.30. The third kappa shape index (κ3) is 3.78. The Morgan fingerprint density at radius 1 is 1.48 bits per heavy atom. The molecule has 0 aliphatic carbocycles. The van der Waals surface area contributed by atoms with Gasteiger partial charge in [-0.25, -0.2) is 4.79 Å². The number of carbonyl (C=O) groups excluding carboxylic acids is 1. The molecule has 0 saturated carbocycles. The van der Waals surface area contributed by atoms with Crippen LogP contribution in [0.2, 0.25) is 0 Å². The van der Waals surface area contributed by atoms with E-state index in [0.29, 0.717) is 5.01 Å². The second-order valence-electron chi connectivity index (χ2n) is 4.39. The lowest BCUT2D eigenvalue weighted by atomic mass is 10.1. The average Bonchev–Trinajstić information content (AvgIpc) is 2.78. The van der Waals surface area contributed by atoms with Crippen molar-refractivity contribution >= 4 is 17.6 Å². The second-order valence-corrected chi connectivity index (χ2v) is 4.76. The van der Waals surface area contributed by atoms with Gasteiger partial charge in [0.15, 0.2) is 12.5 Å². The van der Waals surface area contributed by atoms with Gasteiger partial charge in [-0.3, -0.25) is 4.90 Å². The summed E-state index contributed by atoms with van der Waals surface area (Å²) in [4.78, 5) is 23.2. The molecule has 1 rings (SSSR count). The fourth-order valence-electron chi connectivity index (χ4n) is 1.88. The molecule has 1 unspecified atom stereocenters. The number of alkyl halides is 1. The first kappa shape index (κ1) is 18.0. The molecule has 0 spiro atoms. The van der Waals surface area contributed by atoms with E-state index in [2.05, 4.69) is 5.29 Å². The number of ether oxygens (including phenoxy) is 2. The van der Waals surface area contributed by atoms with Crippen LogP contribution in [0, 0.1) is 4.91 Å².